The minimum Gasteiger partial charge on any atom is -0.465 e. The summed E-state index contributed by atoms with van der Waals surface area (Å²) in [5.41, 5.74) is 1.78. The third-order valence-corrected chi connectivity index (χ3v) is 5.16. The smallest absolute Gasteiger partial charge is 0.337 e. The SMILES string of the molecule is CNc1cc(C(=O)OC)ccc1NC(=O)[C@H]1C[C@@H](O)CN1C(=O)Nc1ccc(Cl)cc1. The maximum atomic E-state index is 12.9. The number of likely N-dealkylation sites (tertiary alicyclic amines) is 1. The number of aliphatic hydroxyl groups excluding tert-OH is 1. The number of hydrogen-bond donors (Lipinski definition) is 4. The number of nitrogens with one attached hydrogen (secondary N) is 3. The molecule has 164 valence electrons. The molecule has 0 saturated carbocycles. The van der Waals surface area contributed by atoms with Gasteiger partial charge < -0.3 is 30.7 Å². The first-order valence-corrected chi connectivity index (χ1v) is 9.92. The number of esters is 1. The van der Waals surface area contributed by atoms with E-state index in [0.29, 0.717) is 27.6 Å². The molecule has 1 aliphatic heterocycles. The zero-order chi connectivity index (χ0) is 22.5. The van der Waals surface area contributed by atoms with E-state index < -0.39 is 30.1 Å². The summed E-state index contributed by atoms with van der Waals surface area (Å²) in [5.74, 6) is -0.955. The van der Waals surface area contributed by atoms with Crippen molar-refractivity contribution >= 4 is 46.6 Å². The number of urea groups is 1. The Morgan fingerprint density at radius 2 is 1.81 bits per heavy atom. The number of ether oxygens (including phenoxy) is 1. The van der Waals surface area contributed by atoms with Crippen molar-refractivity contribution in [2.45, 2.75) is 18.6 Å². The zero-order valence-corrected chi connectivity index (χ0v) is 17.8. The van der Waals surface area contributed by atoms with Crippen molar-refractivity contribution in [1.29, 1.82) is 0 Å². The van der Waals surface area contributed by atoms with Crippen LogP contribution in [0, 0.1) is 0 Å². The first-order chi connectivity index (χ1) is 14.8. The molecular formula is C21H23ClN4O5. The van der Waals surface area contributed by atoms with Crippen molar-refractivity contribution in [3.8, 4) is 0 Å². The molecule has 2 aromatic carbocycles. The highest BCUT2D eigenvalue weighted by molar-refractivity contribution is 6.30. The number of aliphatic hydroxyl groups is 1. The standard InChI is InChI=1S/C21H23ClN4O5/c1-23-17-9-12(20(29)31-2)3-8-16(17)25-19(28)18-10-15(27)11-26(18)21(30)24-14-6-4-13(22)5-7-14/h3-9,15,18,23,27H,10-11H2,1-2H3,(H,24,30)(H,25,28)/t15-,18-/m1/s1. The molecule has 0 radical (unpaired) electrons. The number of hydrogen-bond acceptors (Lipinski definition) is 6. The molecule has 2 aromatic rings. The van der Waals surface area contributed by atoms with E-state index in [-0.39, 0.29) is 13.0 Å². The zero-order valence-electron chi connectivity index (χ0n) is 17.0. The van der Waals surface area contributed by atoms with E-state index in [2.05, 4.69) is 16.0 Å². The number of anilines is 3. The second-order valence-electron chi connectivity index (χ2n) is 6.99. The predicted molar refractivity (Wildman–Crippen MR) is 118 cm³/mol. The summed E-state index contributed by atoms with van der Waals surface area (Å²) < 4.78 is 4.71. The molecule has 0 bridgehead atoms. The lowest BCUT2D eigenvalue weighted by Crippen LogP contribution is -2.45. The number of β-amino-alcohol motifs (C(OH)–C–C–N with tert-alkyl or cyclic N) is 1. The number of halogens is 1. The van der Waals surface area contributed by atoms with Crippen LogP contribution in [0.2, 0.25) is 5.02 Å². The van der Waals surface area contributed by atoms with E-state index in [4.69, 9.17) is 16.3 Å². The van der Waals surface area contributed by atoms with Crippen LogP contribution in [0.15, 0.2) is 42.5 Å². The van der Waals surface area contributed by atoms with Crippen LogP contribution < -0.4 is 16.0 Å². The van der Waals surface area contributed by atoms with Crippen LogP contribution in [-0.4, -0.2) is 60.8 Å². The molecule has 1 aliphatic rings. The first-order valence-electron chi connectivity index (χ1n) is 9.54. The van der Waals surface area contributed by atoms with Crippen LogP contribution in [0.1, 0.15) is 16.8 Å². The molecular weight excluding hydrogens is 424 g/mol. The molecule has 0 unspecified atom stereocenters. The Hall–Kier alpha value is -3.30. The highest BCUT2D eigenvalue weighted by Gasteiger charge is 2.39. The van der Waals surface area contributed by atoms with Gasteiger partial charge in [-0.05, 0) is 42.5 Å². The Bertz CT molecular complexity index is 982. The number of rotatable bonds is 5. The van der Waals surface area contributed by atoms with E-state index in [0.717, 1.165) is 0 Å². The van der Waals surface area contributed by atoms with Gasteiger partial charge in [0.2, 0.25) is 5.91 Å². The molecule has 9 nitrogen and oxygen atoms in total. The fourth-order valence-electron chi connectivity index (χ4n) is 3.34. The molecule has 0 aliphatic carbocycles. The number of carbonyl (C=O) groups excluding carboxylic acids is 3. The normalized spacial score (nSPS) is 17.7. The fourth-order valence-corrected chi connectivity index (χ4v) is 3.46. The molecule has 0 aromatic heterocycles. The summed E-state index contributed by atoms with van der Waals surface area (Å²) in [4.78, 5) is 38.7. The number of amides is 3. The summed E-state index contributed by atoms with van der Waals surface area (Å²) >= 11 is 5.86. The van der Waals surface area contributed by atoms with E-state index in [1.54, 1.807) is 43.4 Å². The molecule has 2 atom stereocenters. The van der Waals surface area contributed by atoms with Gasteiger partial charge in [0, 0.05) is 30.7 Å². The lowest BCUT2D eigenvalue weighted by Gasteiger charge is -2.24. The third-order valence-electron chi connectivity index (χ3n) is 4.91. The monoisotopic (exact) mass is 446 g/mol. The van der Waals surface area contributed by atoms with Crippen molar-refractivity contribution in [1.82, 2.24) is 4.90 Å². The van der Waals surface area contributed by atoms with Crippen molar-refractivity contribution in [2.24, 2.45) is 0 Å². The van der Waals surface area contributed by atoms with Gasteiger partial charge in [0.25, 0.3) is 0 Å². The van der Waals surface area contributed by atoms with Gasteiger partial charge in [0.15, 0.2) is 0 Å². The molecule has 1 heterocycles. The predicted octanol–water partition coefficient (Wildman–Crippen LogP) is 2.77. The second kappa shape index (κ2) is 9.67. The van der Waals surface area contributed by atoms with E-state index >= 15 is 0 Å². The summed E-state index contributed by atoms with van der Waals surface area (Å²) in [6, 6.07) is 9.83. The maximum absolute atomic E-state index is 12.9. The molecule has 31 heavy (non-hydrogen) atoms. The van der Waals surface area contributed by atoms with Gasteiger partial charge in [-0.2, -0.15) is 0 Å². The van der Waals surface area contributed by atoms with E-state index in [9.17, 15) is 19.5 Å². The summed E-state index contributed by atoms with van der Waals surface area (Å²) in [5, 5.41) is 19.0. The molecule has 1 saturated heterocycles. The number of carbonyl (C=O) groups is 3. The average Bonchev–Trinajstić information content (AvgIpc) is 3.17. The number of benzene rings is 2. The summed E-state index contributed by atoms with van der Waals surface area (Å²) in [6.07, 6.45) is -0.716. The van der Waals surface area contributed by atoms with Gasteiger partial charge >= 0.3 is 12.0 Å². The average molecular weight is 447 g/mol. The van der Waals surface area contributed by atoms with Gasteiger partial charge in [-0.1, -0.05) is 11.6 Å². The molecule has 3 rings (SSSR count). The van der Waals surface area contributed by atoms with Crippen LogP contribution in [-0.2, 0) is 9.53 Å². The largest absolute Gasteiger partial charge is 0.465 e. The van der Waals surface area contributed by atoms with Gasteiger partial charge in [-0.15, -0.1) is 0 Å². The minimum atomic E-state index is -0.868. The Morgan fingerprint density at radius 1 is 1.10 bits per heavy atom. The number of methoxy groups -OCH3 is 1. The Kier molecular flexibility index (Phi) is 6.98. The first kappa shape index (κ1) is 22.4. The summed E-state index contributed by atoms with van der Waals surface area (Å²) in [7, 11) is 2.93. The molecule has 10 heteroatoms. The highest BCUT2D eigenvalue weighted by Crippen LogP contribution is 2.26. The van der Waals surface area contributed by atoms with E-state index in [1.165, 1.54) is 18.1 Å². The Labute approximate surface area is 184 Å². The van der Waals surface area contributed by atoms with Crippen LogP contribution in [0.5, 0.6) is 0 Å². The fraction of sp³-hybridized carbons (Fsp3) is 0.286. The quantitative estimate of drug-likeness (QED) is 0.524. The van der Waals surface area contributed by atoms with Gasteiger partial charge in [-0.25, -0.2) is 9.59 Å². The lowest BCUT2D eigenvalue weighted by molar-refractivity contribution is -0.119. The van der Waals surface area contributed by atoms with Crippen molar-refractivity contribution < 1.29 is 24.2 Å². The van der Waals surface area contributed by atoms with Crippen molar-refractivity contribution in [3.63, 3.8) is 0 Å². The summed E-state index contributed by atoms with van der Waals surface area (Å²) in [6.45, 7) is 0.0255. The molecule has 4 N–H and O–H groups in total. The second-order valence-corrected chi connectivity index (χ2v) is 7.42. The van der Waals surface area contributed by atoms with Gasteiger partial charge in [0.05, 0.1) is 30.2 Å². The maximum Gasteiger partial charge on any atom is 0.337 e. The molecule has 1 fully saturated rings. The lowest BCUT2D eigenvalue weighted by atomic mass is 10.1. The van der Waals surface area contributed by atoms with Gasteiger partial charge in [-0.3, -0.25) is 4.79 Å². The Balaban J connectivity index is 1.74. The van der Waals surface area contributed by atoms with Crippen LogP contribution in [0.4, 0.5) is 21.9 Å². The molecule has 0 spiro atoms. The van der Waals surface area contributed by atoms with Crippen LogP contribution in [0.3, 0.4) is 0 Å². The molecule has 3 amide bonds. The van der Waals surface area contributed by atoms with Crippen molar-refractivity contribution in [3.05, 3.63) is 53.1 Å². The Morgan fingerprint density at radius 3 is 2.45 bits per heavy atom. The highest BCUT2D eigenvalue weighted by atomic mass is 35.5. The third kappa shape index (κ3) is 5.25. The van der Waals surface area contributed by atoms with E-state index in [1.807, 2.05) is 0 Å². The minimum absolute atomic E-state index is 0.0255. The number of nitrogens with zero attached hydrogens (tertiary/aromatic N) is 1. The van der Waals surface area contributed by atoms with Crippen LogP contribution >= 0.6 is 11.6 Å². The topological polar surface area (TPSA) is 120 Å². The van der Waals surface area contributed by atoms with Gasteiger partial charge in [0.1, 0.15) is 6.04 Å². The van der Waals surface area contributed by atoms with Crippen molar-refractivity contribution in [2.75, 3.05) is 36.7 Å². The van der Waals surface area contributed by atoms with Crippen LogP contribution in [0.25, 0.3) is 0 Å².